The largest absolute Gasteiger partial charge is 0.448 e. The molecule has 1 aromatic rings. The van der Waals surface area contributed by atoms with E-state index in [1.165, 1.54) is 16.8 Å². The number of anilines is 1. The molecule has 2 rings (SSSR count). The SMILES string of the molecule is Cc1ccc2c(c1)N(CCOC(=O)NCCOCCOCCCCCCCl)C(C)(C)CC2C. The van der Waals surface area contributed by atoms with Crippen molar-refractivity contribution in [2.24, 2.45) is 0 Å². The van der Waals surface area contributed by atoms with E-state index in [0.29, 0.717) is 45.4 Å². The first-order valence-corrected chi connectivity index (χ1v) is 12.9. The highest BCUT2D eigenvalue weighted by Crippen LogP contribution is 2.43. The summed E-state index contributed by atoms with van der Waals surface area (Å²) in [5, 5.41) is 2.75. The molecule has 33 heavy (non-hydrogen) atoms. The van der Waals surface area contributed by atoms with Crippen molar-refractivity contribution in [1.29, 1.82) is 0 Å². The number of ether oxygens (including phenoxy) is 3. The minimum absolute atomic E-state index is 0.0140. The molecule has 1 atom stereocenters. The Hall–Kier alpha value is -1.50. The summed E-state index contributed by atoms with van der Waals surface area (Å²) in [5.74, 6) is 1.25. The number of nitrogens with one attached hydrogen (secondary N) is 1. The maximum atomic E-state index is 12.0. The summed E-state index contributed by atoms with van der Waals surface area (Å²) >= 11 is 5.65. The lowest BCUT2D eigenvalue weighted by Crippen LogP contribution is -2.50. The first-order valence-electron chi connectivity index (χ1n) is 12.4. The summed E-state index contributed by atoms with van der Waals surface area (Å²) in [6.45, 7) is 12.7. The van der Waals surface area contributed by atoms with Gasteiger partial charge < -0.3 is 24.4 Å². The third kappa shape index (κ3) is 9.71. The van der Waals surface area contributed by atoms with Crippen molar-refractivity contribution in [3.63, 3.8) is 0 Å². The molecular formula is C26H43ClN2O4. The fourth-order valence-electron chi connectivity index (χ4n) is 4.50. The van der Waals surface area contributed by atoms with E-state index in [2.05, 4.69) is 56.1 Å². The van der Waals surface area contributed by atoms with Crippen molar-refractivity contribution in [3.8, 4) is 0 Å². The molecule has 1 N–H and O–H groups in total. The van der Waals surface area contributed by atoms with Gasteiger partial charge in [-0.25, -0.2) is 4.79 Å². The number of fused-ring (bicyclic) bond motifs is 1. The molecule has 1 aliphatic heterocycles. The standard InChI is InChI=1S/C26H43ClN2O4/c1-21-9-10-23-22(2)20-26(3,4)29(24(23)19-21)13-16-33-25(30)28-12-15-32-18-17-31-14-8-6-5-7-11-27/h9-10,19,22H,5-8,11-18,20H2,1-4H3,(H,28,30). The van der Waals surface area contributed by atoms with E-state index in [0.717, 1.165) is 44.6 Å². The Morgan fingerprint density at radius 1 is 1.09 bits per heavy atom. The van der Waals surface area contributed by atoms with Gasteiger partial charge in [-0.05, 0) is 63.1 Å². The fraction of sp³-hybridized carbons (Fsp3) is 0.731. The quantitative estimate of drug-likeness (QED) is 0.258. The number of carbonyl (C=O) groups is 1. The summed E-state index contributed by atoms with van der Waals surface area (Å²) in [6, 6.07) is 6.66. The number of benzene rings is 1. The molecule has 1 unspecified atom stereocenters. The first kappa shape index (κ1) is 27.7. The number of halogens is 1. The van der Waals surface area contributed by atoms with E-state index in [1.54, 1.807) is 0 Å². The zero-order valence-electron chi connectivity index (χ0n) is 21.0. The van der Waals surface area contributed by atoms with Crippen LogP contribution < -0.4 is 10.2 Å². The molecule has 1 heterocycles. The Morgan fingerprint density at radius 2 is 1.82 bits per heavy atom. The van der Waals surface area contributed by atoms with Crippen LogP contribution in [0.25, 0.3) is 0 Å². The van der Waals surface area contributed by atoms with Gasteiger partial charge in [0.1, 0.15) is 6.61 Å². The molecule has 7 heteroatoms. The Labute approximate surface area is 205 Å². The topological polar surface area (TPSA) is 60.0 Å². The van der Waals surface area contributed by atoms with Gasteiger partial charge in [0.2, 0.25) is 0 Å². The minimum Gasteiger partial charge on any atom is -0.448 e. The zero-order valence-corrected chi connectivity index (χ0v) is 21.7. The van der Waals surface area contributed by atoms with E-state index >= 15 is 0 Å². The van der Waals surface area contributed by atoms with Crippen molar-refractivity contribution in [2.75, 3.05) is 56.9 Å². The molecule has 1 aromatic carbocycles. The van der Waals surface area contributed by atoms with Crippen molar-refractivity contribution < 1.29 is 19.0 Å². The van der Waals surface area contributed by atoms with Crippen LogP contribution in [0.5, 0.6) is 0 Å². The summed E-state index contributed by atoms with van der Waals surface area (Å²) in [4.78, 5) is 14.4. The normalized spacial score (nSPS) is 17.0. The molecule has 188 valence electrons. The van der Waals surface area contributed by atoms with Crippen molar-refractivity contribution >= 4 is 23.4 Å². The van der Waals surface area contributed by atoms with Crippen LogP contribution in [0, 0.1) is 6.92 Å². The smallest absolute Gasteiger partial charge is 0.407 e. The lowest BCUT2D eigenvalue weighted by atomic mass is 9.80. The minimum atomic E-state index is -0.403. The third-order valence-electron chi connectivity index (χ3n) is 6.15. The van der Waals surface area contributed by atoms with Gasteiger partial charge in [-0.3, -0.25) is 0 Å². The number of alkyl carbamates (subject to hydrolysis) is 1. The van der Waals surface area contributed by atoms with E-state index in [4.69, 9.17) is 25.8 Å². The molecule has 0 radical (unpaired) electrons. The Balaban J connectivity index is 1.57. The van der Waals surface area contributed by atoms with Gasteiger partial charge in [-0.15, -0.1) is 11.6 Å². The average Bonchev–Trinajstić information content (AvgIpc) is 2.76. The van der Waals surface area contributed by atoms with Crippen LogP contribution in [0.3, 0.4) is 0 Å². The first-order chi connectivity index (χ1) is 15.8. The summed E-state index contributed by atoms with van der Waals surface area (Å²) in [6.07, 6.45) is 5.11. The highest BCUT2D eigenvalue weighted by Gasteiger charge is 2.36. The fourth-order valence-corrected chi connectivity index (χ4v) is 4.69. The number of rotatable bonds is 15. The van der Waals surface area contributed by atoms with Crippen LogP contribution in [0.1, 0.15) is 69.9 Å². The number of hydrogen-bond donors (Lipinski definition) is 1. The number of hydrogen-bond acceptors (Lipinski definition) is 5. The summed E-state index contributed by atoms with van der Waals surface area (Å²) in [5.41, 5.74) is 3.89. The van der Waals surface area contributed by atoms with Crippen LogP contribution in [-0.2, 0) is 14.2 Å². The lowest BCUT2D eigenvalue weighted by Gasteiger charge is -2.47. The average molecular weight is 483 g/mol. The van der Waals surface area contributed by atoms with Gasteiger partial charge in [-0.1, -0.05) is 31.9 Å². The third-order valence-corrected chi connectivity index (χ3v) is 6.42. The lowest BCUT2D eigenvalue weighted by molar-refractivity contribution is 0.0469. The summed E-state index contributed by atoms with van der Waals surface area (Å²) < 4.78 is 16.5. The number of nitrogens with zero attached hydrogens (tertiary/aromatic N) is 1. The van der Waals surface area contributed by atoms with Crippen LogP contribution in [-0.4, -0.2) is 63.6 Å². The second-order valence-corrected chi connectivity index (χ2v) is 9.90. The number of aryl methyl sites for hydroxylation is 1. The van der Waals surface area contributed by atoms with E-state index < -0.39 is 6.09 Å². The predicted molar refractivity (Wildman–Crippen MR) is 136 cm³/mol. The highest BCUT2D eigenvalue weighted by atomic mass is 35.5. The molecule has 1 amide bonds. The van der Waals surface area contributed by atoms with Gasteiger partial charge in [0.15, 0.2) is 0 Å². The van der Waals surface area contributed by atoms with Gasteiger partial charge in [0.25, 0.3) is 0 Å². The molecular weight excluding hydrogens is 440 g/mol. The molecule has 1 aliphatic rings. The predicted octanol–water partition coefficient (Wildman–Crippen LogP) is 5.65. The van der Waals surface area contributed by atoms with Crippen LogP contribution in [0.4, 0.5) is 10.5 Å². The molecule has 0 fully saturated rings. The van der Waals surface area contributed by atoms with Crippen molar-refractivity contribution in [3.05, 3.63) is 29.3 Å². The number of alkyl halides is 1. The van der Waals surface area contributed by atoms with Crippen LogP contribution in [0.15, 0.2) is 18.2 Å². The molecule has 0 saturated carbocycles. The molecule has 0 saturated heterocycles. The van der Waals surface area contributed by atoms with Gasteiger partial charge >= 0.3 is 6.09 Å². The Morgan fingerprint density at radius 3 is 2.58 bits per heavy atom. The zero-order chi connectivity index (χ0) is 24.1. The van der Waals surface area contributed by atoms with Crippen LogP contribution in [0.2, 0.25) is 0 Å². The Bertz CT molecular complexity index is 714. The van der Waals surface area contributed by atoms with Crippen LogP contribution >= 0.6 is 11.6 Å². The number of carbonyl (C=O) groups excluding carboxylic acids is 1. The summed E-state index contributed by atoms with van der Waals surface area (Å²) in [7, 11) is 0. The highest BCUT2D eigenvalue weighted by molar-refractivity contribution is 6.17. The molecule has 0 aliphatic carbocycles. The van der Waals surface area contributed by atoms with E-state index in [9.17, 15) is 4.79 Å². The van der Waals surface area contributed by atoms with Gasteiger partial charge in [0.05, 0.1) is 26.4 Å². The van der Waals surface area contributed by atoms with E-state index in [1.807, 2.05) is 0 Å². The second-order valence-electron chi connectivity index (χ2n) is 9.52. The number of amides is 1. The molecule has 0 bridgehead atoms. The van der Waals surface area contributed by atoms with Gasteiger partial charge in [-0.2, -0.15) is 0 Å². The molecule has 0 spiro atoms. The second kappa shape index (κ2) is 14.7. The monoisotopic (exact) mass is 482 g/mol. The maximum absolute atomic E-state index is 12.0. The number of unbranched alkanes of at least 4 members (excludes halogenated alkanes) is 3. The van der Waals surface area contributed by atoms with Gasteiger partial charge in [0, 0.05) is 30.3 Å². The molecule has 6 nitrogen and oxygen atoms in total. The molecule has 0 aromatic heterocycles. The van der Waals surface area contributed by atoms with E-state index in [-0.39, 0.29) is 5.54 Å². The Kier molecular flexibility index (Phi) is 12.4. The van der Waals surface area contributed by atoms with Crippen molar-refractivity contribution in [1.82, 2.24) is 5.32 Å². The maximum Gasteiger partial charge on any atom is 0.407 e. The van der Waals surface area contributed by atoms with Crippen molar-refractivity contribution in [2.45, 2.75) is 71.3 Å².